The molecule has 0 radical (unpaired) electrons. The van der Waals surface area contributed by atoms with Crippen LogP contribution in [0.3, 0.4) is 0 Å². The molecule has 0 aliphatic heterocycles. The molecule has 0 heterocycles. The van der Waals surface area contributed by atoms with Gasteiger partial charge in [0.25, 0.3) is 0 Å². The molecule has 22 heavy (non-hydrogen) atoms. The highest BCUT2D eigenvalue weighted by Gasteiger charge is 2.40. The second-order valence-corrected chi connectivity index (χ2v) is 8.90. The fourth-order valence-corrected chi connectivity index (χ4v) is 4.99. The second kappa shape index (κ2) is 16.3. The Bertz CT molecular complexity index is 203. The molecule has 0 amide bonds. The fourth-order valence-electron chi connectivity index (χ4n) is 2.07. The highest BCUT2D eigenvalue weighted by atomic mass is 35.5. The molecule has 0 saturated carbocycles. The van der Waals surface area contributed by atoms with Gasteiger partial charge in [0, 0.05) is 31.7 Å². The van der Waals surface area contributed by atoms with Gasteiger partial charge >= 0.3 is 8.80 Å². The Morgan fingerprint density at radius 3 is 1.45 bits per heavy atom. The summed E-state index contributed by atoms with van der Waals surface area (Å²) in [6.45, 7) is 8.83. The maximum atomic E-state index is 6.20. The van der Waals surface area contributed by atoms with E-state index in [2.05, 4.69) is 20.8 Å². The monoisotopic (exact) mass is 352 g/mol. The molecule has 0 N–H and O–H groups in total. The maximum Gasteiger partial charge on any atom is 0.500 e. The maximum absolute atomic E-state index is 6.20. The summed E-state index contributed by atoms with van der Waals surface area (Å²) in [5.74, 6) is 0.735. The van der Waals surface area contributed by atoms with Crippen LogP contribution in [-0.4, -0.2) is 34.5 Å². The molecule has 0 saturated heterocycles. The van der Waals surface area contributed by atoms with Crippen LogP contribution in [0.25, 0.3) is 0 Å². The molecule has 0 spiro atoms. The molecule has 134 valence electrons. The van der Waals surface area contributed by atoms with Gasteiger partial charge in [-0.05, 0) is 32.1 Å². The Morgan fingerprint density at radius 1 is 0.636 bits per heavy atom. The standard InChI is InChI=1S/C17H37ClO3Si/c1-4-7-14-19-22(20-15-8-5-2,21-16-9-6-3)17-12-10-11-13-18/h4-17H2,1-3H3. The van der Waals surface area contributed by atoms with Crippen molar-refractivity contribution >= 4 is 20.4 Å². The van der Waals surface area contributed by atoms with Gasteiger partial charge in [-0.25, -0.2) is 0 Å². The molecular formula is C17H37ClO3Si. The SMILES string of the molecule is CCCCO[Si](CCCCCCl)(OCCCC)OCCCC. The number of alkyl halides is 1. The predicted octanol–water partition coefficient (Wildman–Crippen LogP) is 5.78. The van der Waals surface area contributed by atoms with Gasteiger partial charge in [0.1, 0.15) is 0 Å². The normalized spacial score (nSPS) is 12.0. The molecule has 0 atom stereocenters. The zero-order valence-electron chi connectivity index (χ0n) is 15.0. The summed E-state index contributed by atoms with van der Waals surface area (Å²) in [6.07, 6.45) is 9.92. The van der Waals surface area contributed by atoms with E-state index in [1.165, 1.54) is 0 Å². The summed E-state index contributed by atoms with van der Waals surface area (Å²) < 4.78 is 18.6. The molecule has 0 aliphatic rings. The van der Waals surface area contributed by atoms with Crippen molar-refractivity contribution in [2.45, 2.75) is 84.6 Å². The van der Waals surface area contributed by atoms with Crippen LogP contribution in [0.15, 0.2) is 0 Å². The summed E-state index contributed by atoms with van der Waals surface area (Å²) in [6, 6.07) is 0.932. The molecule has 0 fully saturated rings. The first-order valence-electron chi connectivity index (χ1n) is 9.22. The van der Waals surface area contributed by atoms with Gasteiger partial charge in [-0.2, -0.15) is 0 Å². The van der Waals surface area contributed by atoms with Crippen LogP contribution in [0.1, 0.15) is 78.6 Å². The number of hydrogen-bond acceptors (Lipinski definition) is 3. The number of hydrogen-bond donors (Lipinski definition) is 0. The number of unbranched alkanes of at least 4 members (excludes halogenated alkanes) is 5. The van der Waals surface area contributed by atoms with E-state index in [1.54, 1.807) is 0 Å². The van der Waals surface area contributed by atoms with Crippen LogP contribution < -0.4 is 0 Å². The van der Waals surface area contributed by atoms with Gasteiger partial charge in [0.05, 0.1) is 0 Å². The molecule has 0 aromatic carbocycles. The summed E-state index contributed by atoms with van der Waals surface area (Å²) in [7, 11) is -2.50. The zero-order valence-corrected chi connectivity index (χ0v) is 16.8. The number of rotatable bonds is 17. The minimum Gasteiger partial charge on any atom is -0.373 e. The Hall–Kier alpha value is 0.387. The van der Waals surface area contributed by atoms with E-state index in [0.29, 0.717) is 0 Å². The Balaban J connectivity index is 4.53. The molecule has 0 aromatic rings. The summed E-state index contributed by atoms with van der Waals surface area (Å²) in [4.78, 5) is 0. The zero-order chi connectivity index (χ0) is 16.5. The van der Waals surface area contributed by atoms with E-state index in [0.717, 1.165) is 89.5 Å². The Morgan fingerprint density at radius 2 is 1.09 bits per heavy atom. The summed E-state index contributed by atoms with van der Waals surface area (Å²) in [5.41, 5.74) is 0. The lowest BCUT2D eigenvalue weighted by molar-refractivity contribution is 0.0557. The van der Waals surface area contributed by atoms with E-state index in [9.17, 15) is 0 Å². The van der Waals surface area contributed by atoms with Gasteiger partial charge in [-0.15, -0.1) is 11.6 Å². The van der Waals surface area contributed by atoms with Gasteiger partial charge in [0.2, 0.25) is 0 Å². The highest BCUT2D eigenvalue weighted by molar-refractivity contribution is 6.60. The lowest BCUT2D eigenvalue weighted by Crippen LogP contribution is -2.46. The third-order valence-corrected chi connectivity index (χ3v) is 6.74. The van der Waals surface area contributed by atoms with Crippen LogP contribution in [0, 0.1) is 0 Å². The van der Waals surface area contributed by atoms with Crippen molar-refractivity contribution < 1.29 is 13.3 Å². The molecule has 0 unspecified atom stereocenters. The first-order valence-corrected chi connectivity index (χ1v) is 11.7. The largest absolute Gasteiger partial charge is 0.500 e. The minimum atomic E-state index is -2.50. The Labute approximate surface area is 144 Å². The predicted molar refractivity (Wildman–Crippen MR) is 97.7 cm³/mol. The van der Waals surface area contributed by atoms with Gasteiger partial charge in [-0.1, -0.05) is 46.5 Å². The fraction of sp³-hybridized carbons (Fsp3) is 1.00. The van der Waals surface area contributed by atoms with Crippen molar-refractivity contribution in [2.75, 3.05) is 25.7 Å². The average Bonchev–Trinajstić information content (AvgIpc) is 2.52. The third kappa shape index (κ3) is 11.9. The molecule has 3 nitrogen and oxygen atoms in total. The topological polar surface area (TPSA) is 27.7 Å². The average molecular weight is 353 g/mol. The van der Waals surface area contributed by atoms with E-state index in [-0.39, 0.29) is 0 Å². The summed E-state index contributed by atoms with van der Waals surface area (Å²) >= 11 is 5.78. The highest BCUT2D eigenvalue weighted by Crippen LogP contribution is 2.22. The van der Waals surface area contributed by atoms with E-state index >= 15 is 0 Å². The molecule has 0 rings (SSSR count). The van der Waals surface area contributed by atoms with Crippen molar-refractivity contribution in [3.8, 4) is 0 Å². The number of halogens is 1. The van der Waals surface area contributed by atoms with Gasteiger partial charge in [0.15, 0.2) is 0 Å². The van der Waals surface area contributed by atoms with Crippen molar-refractivity contribution in [3.05, 3.63) is 0 Å². The van der Waals surface area contributed by atoms with Crippen molar-refractivity contribution in [3.63, 3.8) is 0 Å². The van der Waals surface area contributed by atoms with E-state index < -0.39 is 8.80 Å². The van der Waals surface area contributed by atoms with Gasteiger partial charge < -0.3 is 13.3 Å². The molecule has 0 bridgehead atoms. The van der Waals surface area contributed by atoms with Crippen molar-refractivity contribution in [1.29, 1.82) is 0 Å². The second-order valence-electron chi connectivity index (χ2n) is 5.79. The molecule has 0 aromatic heterocycles. The van der Waals surface area contributed by atoms with Crippen LogP contribution in [-0.2, 0) is 13.3 Å². The van der Waals surface area contributed by atoms with Crippen molar-refractivity contribution in [1.82, 2.24) is 0 Å². The molecular weight excluding hydrogens is 316 g/mol. The first kappa shape index (κ1) is 22.4. The molecule has 5 heteroatoms. The quantitative estimate of drug-likeness (QED) is 0.188. The minimum absolute atomic E-state index is 0.735. The first-order chi connectivity index (χ1) is 10.7. The summed E-state index contributed by atoms with van der Waals surface area (Å²) in [5, 5.41) is 0. The van der Waals surface area contributed by atoms with Crippen LogP contribution in [0.2, 0.25) is 6.04 Å². The lowest BCUT2D eigenvalue weighted by atomic mass is 10.3. The van der Waals surface area contributed by atoms with Crippen LogP contribution in [0.5, 0.6) is 0 Å². The van der Waals surface area contributed by atoms with E-state index in [1.807, 2.05) is 0 Å². The van der Waals surface area contributed by atoms with Crippen molar-refractivity contribution in [2.24, 2.45) is 0 Å². The molecule has 0 aliphatic carbocycles. The van der Waals surface area contributed by atoms with Crippen LogP contribution >= 0.6 is 11.6 Å². The Kier molecular flexibility index (Phi) is 16.5. The van der Waals surface area contributed by atoms with Crippen LogP contribution in [0.4, 0.5) is 0 Å². The van der Waals surface area contributed by atoms with E-state index in [4.69, 9.17) is 24.9 Å². The smallest absolute Gasteiger partial charge is 0.373 e. The lowest BCUT2D eigenvalue weighted by Gasteiger charge is -2.30. The van der Waals surface area contributed by atoms with Gasteiger partial charge in [-0.3, -0.25) is 0 Å². The third-order valence-electron chi connectivity index (χ3n) is 3.58.